The minimum atomic E-state index is 0.999. The summed E-state index contributed by atoms with van der Waals surface area (Å²) in [6.45, 7) is 6.27. The second-order valence-electron chi connectivity index (χ2n) is 2.88. The first-order valence-electron chi connectivity index (χ1n) is 4.58. The van der Waals surface area contributed by atoms with Gasteiger partial charge in [-0.25, -0.2) is 0 Å². The summed E-state index contributed by atoms with van der Waals surface area (Å²) in [5.74, 6) is 0.999. The van der Waals surface area contributed by atoms with Crippen LogP contribution in [0.15, 0.2) is 12.2 Å². The summed E-state index contributed by atoms with van der Waals surface area (Å²) in [7, 11) is 0. The van der Waals surface area contributed by atoms with Gasteiger partial charge in [0.1, 0.15) is 4.32 Å². The summed E-state index contributed by atoms with van der Waals surface area (Å²) < 4.78 is 1.04. The molecule has 74 valence electrons. The Morgan fingerprint density at radius 3 is 2.85 bits per heavy atom. The van der Waals surface area contributed by atoms with Crippen molar-refractivity contribution in [2.75, 3.05) is 31.9 Å². The van der Waals surface area contributed by atoms with Gasteiger partial charge in [0.25, 0.3) is 0 Å². The van der Waals surface area contributed by atoms with Crippen LogP contribution in [-0.2, 0) is 0 Å². The third-order valence-corrected chi connectivity index (χ3v) is 3.39. The zero-order chi connectivity index (χ0) is 9.52. The number of rotatable bonds is 2. The summed E-state index contributed by atoms with van der Waals surface area (Å²) in [5.41, 5.74) is 0. The number of nitrogens with one attached hydrogen (secondary N) is 1. The van der Waals surface area contributed by atoms with E-state index in [1.807, 2.05) is 6.92 Å². The topological polar surface area (TPSA) is 15.3 Å². The van der Waals surface area contributed by atoms with Gasteiger partial charge in [-0.3, -0.25) is 0 Å². The molecule has 0 amide bonds. The van der Waals surface area contributed by atoms with Gasteiger partial charge >= 0.3 is 0 Å². The van der Waals surface area contributed by atoms with Crippen LogP contribution in [0, 0.1) is 0 Å². The number of hydrogen-bond acceptors (Lipinski definition) is 3. The predicted octanol–water partition coefficient (Wildman–Crippen LogP) is 1.49. The van der Waals surface area contributed by atoms with Crippen LogP contribution in [0.3, 0.4) is 0 Å². The van der Waals surface area contributed by atoms with Gasteiger partial charge in [0, 0.05) is 31.9 Å². The number of nitrogens with zero attached hydrogens (tertiary/aromatic N) is 1. The fourth-order valence-electron chi connectivity index (χ4n) is 1.15. The highest BCUT2D eigenvalue weighted by atomic mass is 32.2. The van der Waals surface area contributed by atoms with Crippen molar-refractivity contribution in [3.63, 3.8) is 0 Å². The van der Waals surface area contributed by atoms with E-state index >= 15 is 0 Å². The molecule has 0 bridgehead atoms. The van der Waals surface area contributed by atoms with Crippen LogP contribution in [0.4, 0.5) is 0 Å². The van der Waals surface area contributed by atoms with E-state index in [1.165, 1.54) is 0 Å². The van der Waals surface area contributed by atoms with Crippen molar-refractivity contribution in [3.8, 4) is 0 Å². The summed E-state index contributed by atoms with van der Waals surface area (Å²) in [6, 6.07) is 0. The molecular weight excluding hydrogens is 200 g/mol. The van der Waals surface area contributed by atoms with Crippen LogP contribution in [0.2, 0.25) is 0 Å². The fraction of sp³-hybridized carbons (Fsp3) is 0.667. The Labute approximate surface area is 89.8 Å². The van der Waals surface area contributed by atoms with Crippen molar-refractivity contribution in [1.29, 1.82) is 0 Å². The largest absolute Gasteiger partial charge is 0.355 e. The predicted molar refractivity (Wildman–Crippen MR) is 64.3 cm³/mol. The molecule has 0 saturated carbocycles. The summed E-state index contributed by atoms with van der Waals surface area (Å²) >= 11 is 7.06. The summed E-state index contributed by atoms with van der Waals surface area (Å²) in [4.78, 5) is 2.28. The lowest BCUT2D eigenvalue weighted by Gasteiger charge is -2.28. The van der Waals surface area contributed by atoms with Crippen LogP contribution >= 0.6 is 24.0 Å². The average Bonchev–Trinajstić information content (AvgIpc) is 2.19. The van der Waals surface area contributed by atoms with Gasteiger partial charge in [0.2, 0.25) is 0 Å². The maximum absolute atomic E-state index is 5.31. The Morgan fingerprint density at radius 1 is 1.54 bits per heavy atom. The normalized spacial score (nSPS) is 18.1. The molecule has 1 saturated heterocycles. The van der Waals surface area contributed by atoms with Crippen LogP contribution in [0.5, 0.6) is 0 Å². The van der Waals surface area contributed by atoms with Crippen molar-refractivity contribution < 1.29 is 0 Å². The van der Waals surface area contributed by atoms with E-state index in [-0.39, 0.29) is 0 Å². The molecular formula is C9H16N2S2. The number of hydrogen-bond donors (Lipinski definition) is 1. The molecule has 0 aromatic carbocycles. The van der Waals surface area contributed by atoms with Crippen LogP contribution < -0.4 is 5.32 Å². The Balaban J connectivity index is 2.21. The SMILES string of the molecule is CC=CCSC(=S)N1CCNCC1. The second kappa shape index (κ2) is 6.40. The van der Waals surface area contributed by atoms with Crippen LogP contribution in [0.1, 0.15) is 6.92 Å². The zero-order valence-corrected chi connectivity index (χ0v) is 9.59. The van der Waals surface area contributed by atoms with E-state index in [2.05, 4.69) is 22.4 Å². The van der Waals surface area contributed by atoms with E-state index in [0.29, 0.717) is 0 Å². The third-order valence-electron chi connectivity index (χ3n) is 1.91. The lowest BCUT2D eigenvalue weighted by Crippen LogP contribution is -2.45. The molecule has 0 aromatic heterocycles. The number of thiocarbonyl (C=S) groups is 1. The van der Waals surface area contributed by atoms with Gasteiger partial charge in [0.15, 0.2) is 0 Å². The molecule has 0 aliphatic carbocycles. The second-order valence-corrected chi connectivity index (χ2v) is 4.54. The first kappa shape index (κ1) is 11.0. The van der Waals surface area contributed by atoms with E-state index in [0.717, 1.165) is 36.3 Å². The lowest BCUT2D eigenvalue weighted by molar-refractivity contribution is 0.368. The lowest BCUT2D eigenvalue weighted by atomic mass is 10.4. The van der Waals surface area contributed by atoms with Crippen molar-refractivity contribution >= 4 is 28.3 Å². The van der Waals surface area contributed by atoms with Gasteiger partial charge in [-0.2, -0.15) is 0 Å². The Kier molecular flexibility index (Phi) is 5.43. The minimum absolute atomic E-state index is 0.999. The molecule has 4 heteroatoms. The molecule has 1 fully saturated rings. The van der Waals surface area contributed by atoms with Crippen molar-refractivity contribution in [2.24, 2.45) is 0 Å². The smallest absolute Gasteiger partial charge is 0.136 e. The van der Waals surface area contributed by atoms with Crippen molar-refractivity contribution in [3.05, 3.63) is 12.2 Å². The molecule has 0 radical (unpaired) electrons. The first-order chi connectivity index (χ1) is 6.34. The monoisotopic (exact) mass is 216 g/mol. The number of thioether (sulfide) groups is 1. The van der Waals surface area contributed by atoms with Gasteiger partial charge < -0.3 is 10.2 Å². The molecule has 0 aromatic rings. The van der Waals surface area contributed by atoms with E-state index in [4.69, 9.17) is 12.2 Å². The quantitative estimate of drug-likeness (QED) is 0.555. The molecule has 0 unspecified atom stereocenters. The maximum Gasteiger partial charge on any atom is 0.136 e. The Bertz CT molecular complexity index is 186. The molecule has 0 atom stereocenters. The maximum atomic E-state index is 5.31. The molecule has 2 nitrogen and oxygen atoms in total. The van der Waals surface area contributed by atoms with Gasteiger partial charge in [-0.1, -0.05) is 36.1 Å². The summed E-state index contributed by atoms with van der Waals surface area (Å²) in [5, 5.41) is 3.31. The molecule has 1 N–H and O–H groups in total. The highest BCUT2D eigenvalue weighted by Gasteiger charge is 2.11. The fourth-order valence-corrected chi connectivity index (χ4v) is 2.34. The number of allylic oxidation sites excluding steroid dienone is 1. The van der Waals surface area contributed by atoms with Gasteiger partial charge in [-0.05, 0) is 6.92 Å². The molecule has 1 aliphatic heterocycles. The average molecular weight is 216 g/mol. The van der Waals surface area contributed by atoms with E-state index < -0.39 is 0 Å². The first-order valence-corrected chi connectivity index (χ1v) is 5.97. The van der Waals surface area contributed by atoms with Gasteiger partial charge in [0.05, 0.1) is 0 Å². The molecule has 1 heterocycles. The molecule has 1 rings (SSSR count). The molecule has 0 spiro atoms. The van der Waals surface area contributed by atoms with Crippen LogP contribution in [-0.4, -0.2) is 41.2 Å². The molecule has 13 heavy (non-hydrogen) atoms. The zero-order valence-electron chi connectivity index (χ0n) is 7.95. The minimum Gasteiger partial charge on any atom is -0.355 e. The van der Waals surface area contributed by atoms with E-state index in [9.17, 15) is 0 Å². The van der Waals surface area contributed by atoms with E-state index in [1.54, 1.807) is 11.8 Å². The van der Waals surface area contributed by atoms with Crippen molar-refractivity contribution in [1.82, 2.24) is 10.2 Å². The van der Waals surface area contributed by atoms with Gasteiger partial charge in [-0.15, -0.1) is 0 Å². The molecule has 1 aliphatic rings. The Morgan fingerprint density at radius 2 is 2.23 bits per heavy atom. The number of piperazine rings is 1. The third kappa shape index (κ3) is 4.11. The van der Waals surface area contributed by atoms with Crippen molar-refractivity contribution in [2.45, 2.75) is 6.92 Å². The summed E-state index contributed by atoms with van der Waals surface area (Å²) in [6.07, 6.45) is 4.20. The van der Waals surface area contributed by atoms with Crippen LogP contribution in [0.25, 0.3) is 0 Å². The standard InChI is InChI=1S/C9H16N2S2/c1-2-3-8-13-9(12)11-6-4-10-5-7-11/h2-3,10H,4-8H2,1H3. The highest BCUT2D eigenvalue weighted by molar-refractivity contribution is 8.23. The Hall–Kier alpha value is -0.0600. The highest BCUT2D eigenvalue weighted by Crippen LogP contribution is 2.10.